The van der Waals surface area contributed by atoms with Gasteiger partial charge in [0.25, 0.3) is 0 Å². The van der Waals surface area contributed by atoms with Crippen molar-refractivity contribution in [3.05, 3.63) is 106 Å². The van der Waals surface area contributed by atoms with Gasteiger partial charge in [0.05, 0.1) is 11.8 Å². The molecule has 0 N–H and O–H groups in total. The number of halogens is 3. The van der Waals surface area contributed by atoms with E-state index >= 15 is 0 Å². The number of amides is 2. The molecule has 2 bridgehead atoms. The van der Waals surface area contributed by atoms with Gasteiger partial charge in [-0.25, -0.2) is 4.39 Å². The highest BCUT2D eigenvalue weighted by Gasteiger charge is 2.73. The van der Waals surface area contributed by atoms with Crippen LogP contribution in [0.15, 0.2) is 72.8 Å². The van der Waals surface area contributed by atoms with Crippen molar-refractivity contribution in [2.45, 2.75) is 9.75 Å². The van der Waals surface area contributed by atoms with E-state index in [1.165, 1.54) is 12.1 Å². The molecule has 6 nitrogen and oxygen atoms in total. The van der Waals surface area contributed by atoms with Crippen LogP contribution in [0.3, 0.4) is 0 Å². The van der Waals surface area contributed by atoms with Crippen molar-refractivity contribution < 1.29 is 28.3 Å². The molecule has 1 aliphatic heterocycles. The maximum atomic E-state index is 13.7. The normalized spacial score (nSPS) is 26.9. The number of imide groups is 1. The van der Waals surface area contributed by atoms with Gasteiger partial charge >= 0.3 is 5.97 Å². The number of esters is 1. The second kappa shape index (κ2) is 8.23. The van der Waals surface area contributed by atoms with Crippen molar-refractivity contribution in [2.75, 3.05) is 13.2 Å². The van der Waals surface area contributed by atoms with E-state index in [0.717, 1.165) is 17.0 Å². The molecule has 1 heterocycles. The SMILES string of the molecule is O=C(CN1C(=O)[C@H]2[C@H](C1=O)C1(Cl)c3ccccc3C2(Cl)c2ccccc21)OCC(=O)c1ccc(F)cc1. The highest BCUT2D eigenvalue weighted by atomic mass is 35.5. The molecule has 3 aromatic rings. The Bertz CT molecular complexity index is 1380. The molecule has 1 fully saturated rings. The Kier molecular flexibility index (Phi) is 5.30. The lowest BCUT2D eigenvalue weighted by Gasteiger charge is -2.54. The average Bonchev–Trinajstić information content (AvgIpc) is 3.16. The largest absolute Gasteiger partial charge is 0.456 e. The number of hydrogen-bond donors (Lipinski definition) is 0. The first-order valence-corrected chi connectivity index (χ1v) is 12.3. The summed E-state index contributed by atoms with van der Waals surface area (Å²) >= 11 is 14.6. The molecule has 2 amide bonds. The Morgan fingerprint density at radius 2 is 1.22 bits per heavy atom. The number of Topliss-reactive ketones (excluding diaryl/α,β-unsaturated/α-hetero) is 1. The maximum Gasteiger partial charge on any atom is 0.326 e. The van der Waals surface area contributed by atoms with Gasteiger partial charge < -0.3 is 4.74 Å². The van der Waals surface area contributed by atoms with Gasteiger partial charge in [-0.05, 0) is 46.5 Å². The summed E-state index contributed by atoms with van der Waals surface area (Å²) in [7, 11) is 0. The summed E-state index contributed by atoms with van der Waals surface area (Å²) in [6.07, 6.45) is 0. The van der Waals surface area contributed by atoms with Gasteiger partial charge in [0, 0.05) is 5.56 Å². The van der Waals surface area contributed by atoms with Crippen LogP contribution in [-0.4, -0.2) is 41.6 Å². The molecule has 0 aromatic heterocycles. The Hall–Kier alpha value is -3.55. The Labute approximate surface area is 220 Å². The quantitative estimate of drug-likeness (QED) is 0.211. The lowest BCUT2D eigenvalue weighted by molar-refractivity contribution is -0.152. The summed E-state index contributed by atoms with van der Waals surface area (Å²) in [5, 5.41) is 0. The summed E-state index contributed by atoms with van der Waals surface area (Å²) in [6.45, 7) is -1.31. The van der Waals surface area contributed by atoms with Crippen LogP contribution < -0.4 is 0 Å². The maximum absolute atomic E-state index is 13.7. The monoisotopic (exact) mass is 537 g/mol. The molecule has 186 valence electrons. The van der Waals surface area contributed by atoms with E-state index in [9.17, 15) is 23.6 Å². The first-order chi connectivity index (χ1) is 17.7. The number of hydrogen-bond acceptors (Lipinski definition) is 5. The molecule has 9 heteroatoms. The third kappa shape index (κ3) is 3.17. The third-order valence-electron chi connectivity index (χ3n) is 7.49. The molecular weight excluding hydrogens is 520 g/mol. The second-order valence-electron chi connectivity index (χ2n) is 9.32. The molecule has 7 rings (SSSR count). The van der Waals surface area contributed by atoms with Crippen molar-refractivity contribution in [3.63, 3.8) is 0 Å². The lowest BCUT2D eigenvalue weighted by Crippen LogP contribution is -2.57. The Balaban J connectivity index is 1.30. The summed E-state index contributed by atoms with van der Waals surface area (Å²) < 4.78 is 18.1. The molecule has 1 saturated heterocycles. The Morgan fingerprint density at radius 3 is 1.65 bits per heavy atom. The minimum atomic E-state index is -1.35. The number of ketones is 1. The fraction of sp³-hybridized carbons (Fsp3) is 0.214. The number of carbonyl (C=O) groups excluding carboxylic acids is 4. The molecule has 0 unspecified atom stereocenters. The van der Waals surface area contributed by atoms with Crippen LogP contribution >= 0.6 is 23.2 Å². The van der Waals surface area contributed by atoms with Gasteiger partial charge in [-0.3, -0.25) is 24.1 Å². The van der Waals surface area contributed by atoms with E-state index in [1.807, 2.05) is 0 Å². The first-order valence-electron chi connectivity index (χ1n) is 11.6. The van der Waals surface area contributed by atoms with Crippen LogP contribution in [0.5, 0.6) is 0 Å². The minimum Gasteiger partial charge on any atom is -0.456 e. The van der Waals surface area contributed by atoms with Gasteiger partial charge in [0.15, 0.2) is 12.4 Å². The summed E-state index contributed by atoms with van der Waals surface area (Å²) in [6, 6.07) is 19.2. The second-order valence-corrected chi connectivity index (χ2v) is 10.5. The number of alkyl halides is 2. The van der Waals surface area contributed by atoms with Crippen molar-refractivity contribution in [1.82, 2.24) is 4.90 Å². The molecule has 2 atom stereocenters. The fourth-order valence-electron chi connectivity index (χ4n) is 5.92. The molecule has 0 radical (unpaired) electrons. The van der Waals surface area contributed by atoms with Crippen LogP contribution in [0, 0.1) is 17.7 Å². The van der Waals surface area contributed by atoms with Crippen molar-refractivity contribution in [1.29, 1.82) is 0 Å². The zero-order valence-corrected chi connectivity index (χ0v) is 20.6. The number of likely N-dealkylation sites (tertiary alicyclic amines) is 1. The van der Waals surface area contributed by atoms with Gasteiger partial charge in [-0.2, -0.15) is 0 Å². The molecule has 3 aromatic carbocycles. The van der Waals surface area contributed by atoms with E-state index in [0.29, 0.717) is 22.3 Å². The third-order valence-corrected chi connectivity index (χ3v) is 8.78. The van der Waals surface area contributed by atoms with Crippen LogP contribution in [0.2, 0.25) is 0 Å². The van der Waals surface area contributed by atoms with Crippen LogP contribution in [0.1, 0.15) is 32.6 Å². The van der Waals surface area contributed by atoms with Gasteiger partial charge in [0.2, 0.25) is 11.8 Å². The smallest absolute Gasteiger partial charge is 0.326 e. The zero-order valence-electron chi connectivity index (χ0n) is 19.1. The molecule has 0 saturated carbocycles. The van der Waals surface area contributed by atoms with E-state index in [2.05, 4.69) is 0 Å². The van der Waals surface area contributed by atoms with Crippen molar-refractivity contribution in [3.8, 4) is 0 Å². The van der Waals surface area contributed by atoms with E-state index in [4.69, 9.17) is 27.9 Å². The van der Waals surface area contributed by atoms with Crippen LogP contribution in [0.25, 0.3) is 0 Å². The van der Waals surface area contributed by atoms with Crippen LogP contribution in [0.4, 0.5) is 4.39 Å². The number of nitrogens with zero attached hydrogens (tertiary/aromatic N) is 1. The van der Waals surface area contributed by atoms with Crippen LogP contribution in [-0.2, 0) is 28.9 Å². The highest BCUT2D eigenvalue weighted by molar-refractivity contribution is 6.36. The number of carbonyl (C=O) groups is 4. The van der Waals surface area contributed by atoms with Gasteiger partial charge in [-0.15, -0.1) is 23.2 Å². The predicted molar refractivity (Wildman–Crippen MR) is 132 cm³/mol. The van der Waals surface area contributed by atoms with Gasteiger partial charge in [-0.1, -0.05) is 48.5 Å². The summed E-state index contributed by atoms with van der Waals surface area (Å²) in [5.74, 6) is -5.31. The van der Waals surface area contributed by atoms with E-state index < -0.39 is 64.1 Å². The predicted octanol–water partition coefficient (Wildman–Crippen LogP) is 4.14. The fourth-order valence-corrected chi connectivity index (χ4v) is 7.02. The number of benzene rings is 3. The molecule has 3 aliphatic carbocycles. The summed E-state index contributed by atoms with van der Waals surface area (Å²) in [4.78, 5) is 50.4. The average molecular weight is 538 g/mol. The first kappa shape index (κ1) is 23.8. The number of ether oxygens (including phenoxy) is 1. The zero-order chi connectivity index (χ0) is 26.1. The highest BCUT2D eigenvalue weighted by Crippen LogP contribution is 2.69. The standard InChI is InChI=1S/C28H18Cl2FNO5/c29-27-17-5-1-2-6-18(17)28(30,20-8-4-3-7-19(20)27)24-23(27)25(35)32(26(24)36)13-22(34)37-14-21(33)15-9-11-16(31)12-10-15/h1-12,23-24H,13-14H2/t23-,24-,27?,28?/m1/s1. The molecule has 37 heavy (non-hydrogen) atoms. The minimum absolute atomic E-state index is 0.161. The number of rotatable bonds is 5. The van der Waals surface area contributed by atoms with Crippen molar-refractivity contribution >= 4 is 46.8 Å². The lowest BCUT2D eigenvalue weighted by atomic mass is 9.54. The molecule has 0 spiro atoms. The van der Waals surface area contributed by atoms with E-state index in [-0.39, 0.29) is 5.56 Å². The molecular formula is C28H18Cl2FNO5. The topological polar surface area (TPSA) is 80.8 Å². The van der Waals surface area contributed by atoms with E-state index in [1.54, 1.807) is 48.5 Å². The van der Waals surface area contributed by atoms with Gasteiger partial charge in [0.1, 0.15) is 22.1 Å². The summed E-state index contributed by atoms with van der Waals surface area (Å²) in [5.41, 5.74) is 2.78. The molecule has 4 aliphatic rings. The van der Waals surface area contributed by atoms with Crippen molar-refractivity contribution in [2.24, 2.45) is 11.8 Å². The Morgan fingerprint density at radius 1 is 0.784 bits per heavy atom.